The van der Waals surface area contributed by atoms with E-state index in [2.05, 4.69) is 38.7 Å². The average molecular weight is 346 g/mol. The SMILES string of the molecule is CN(C(=O)CN1CC[C@@H](N(C)Cc2nnc(C3CC3)n2C)C1)C1CC1. The lowest BCUT2D eigenvalue weighted by Crippen LogP contribution is -2.40. The fraction of sp³-hybridized carbons (Fsp3) is 0.833. The van der Waals surface area contributed by atoms with Gasteiger partial charge in [0, 0.05) is 45.2 Å². The number of aromatic nitrogens is 3. The van der Waals surface area contributed by atoms with Gasteiger partial charge in [-0.05, 0) is 39.2 Å². The molecule has 1 atom stereocenters. The Morgan fingerprint density at radius 2 is 1.88 bits per heavy atom. The van der Waals surface area contributed by atoms with Crippen LogP contribution in [-0.2, 0) is 18.4 Å². The van der Waals surface area contributed by atoms with Crippen molar-refractivity contribution in [1.82, 2.24) is 29.5 Å². The van der Waals surface area contributed by atoms with Crippen molar-refractivity contribution in [3.05, 3.63) is 11.6 Å². The number of carbonyl (C=O) groups is 1. The van der Waals surface area contributed by atoms with Gasteiger partial charge in [-0.2, -0.15) is 0 Å². The maximum Gasteiger partial charge on any atom is 0.236 e. The molecule has 4 rings (SSSR count). The molecule has 0 radical (unpaired) electrons. The highest BCUT2D eigenvalue weighted by Crippen LogP contribution is 2.38. The van der Waals surface area contributed by atoms with Gasteiger partial charge in [-0.3, -0.25) is 14.6 Å². The van der Waals surface area contributed by atoms with Crippen molar-refractivity contribution in [1.29, 1.82) is 0 Å². The second kappa shape index (κ2) is 6.68. The number of rotatable bonds is 7. The summed E-state index contributed by atoms with van der Waals surface area (Å²) in [5.74, 6) is 3.10. The van der Waals surface area contributed by atoms with Gasteiger partial charge in [-0.1, -0.05) is 0 Å². The van der Waals surface area contributed by atoms with E-state index in [4.69, 9.17) is 0 Å². The highest BCUT2D eigenvalue weighted by atomic mass is 16.2. The van der Waals surface area contributed by atoms with Gasteiger partial charge in [0.25, 0.3) is 0 Å². The Morgan fingerprint density at radius 3 is 2.56 bits per heavy atom. The van der Waals surface area contributed by atoms with Crippen LogP contribution in [0.3, 0.4) is 0 Å². The van der Waals surface area contributed by atoms with Gasteiger partial charge >= 0.3 is 0 Å². The summed E-state index contributed by atoms with van der Waals surface area (Å²) in [5, 5.41) is 8.78. The van der Waals surface area contributed by atoms with Crippen LogP contribution in [-0.4, -0.2) is 81.2 Å². The molecule has 0 spiro atoms. The zero-order valence-corrected chi connectivity index (χ0v) is 15.7. The lowest BCUT2D eigenvalue weighted by Gasteiger charge is -2.25. The van der Waals surface area contributed by atoms with Crippen molar-refractivity contribution in [3.63, 3.8) is 0 Å². The first kappa shape index (κ1) is 17.0. The third kappa shape index (κ3) is 3.72. The number of likely N-dealkylation sites (N-methyl/N-ethyl adjacent to an activating group) is 2. The van der Waals surface area contributed by atoms with Gasteiger partial charge < -0.3 is 9.47 Å². The topological polar surface area (TPSA) is 57.5 Å². The molecule has 2 heterocycles. The van der Waals surface area contributed by atoms with Crippen LogP contribution < -0.4 is 0 Å². The number of nitrogens with zero attached hydrogens (tertiary/aromatic N) is 6. The Labute approximate surface area is 150 Å². The molecule has 1 amide bonds. The number of hydrogen-bond acceptors (Lipinski definition) is 5. The van der Waals surface area contributed by atoms with E-state index in [1.807, 2.05) is 11.9 Å². The molecule has 1 aliphatic heterocycles. The minimum absolute atomic E-state index is 0.271. The number of carbonyl (C=O) groups excluding carboxylic acids is 1. The predicted molar refractivity (Wildman–Crippen MR) is 95.1 cm³/mol. The Bertz CT molecular complexity index is 636. The summed E-state index contributed by atoms with van der Waals surface area (Å²) in [6, 6.07) is 0.991. The molecular formula is C18H30N6O. The maximum absolute atomic E-state index is 12.3. The molecule has 2 aliphatic carbocycles. The number of likely N-dealkylation sites (tertiary alicyclic amines) is 1. The molecule has 0 N–H and O–H groups in total. The van der Waals surface area contributed by atoms with E-state index in [9.17, 15) is 4.79 Å². The van der Waals surface area contributed by atoms with Crippen LogP contribution in [0.1, 0.15) is 49.7 Å². The van der Waals surface area contributed by atoms with Crippen LogP contribution in [0.2, 0.25) is 0 Å². The van der Waals surface area contributed by atoms with Crippen LogP contribution in [0.5, 0.6) is 0 Å². The summed E-state index contributed by atoms with van der Waals surface area (Å²) in [4.78, 5) is 18.9. The van der Waals surface area contributed by atoms with Crippen LogP contribution >= 0.6 is 0 Å². The normalized spacial score (nSPS) is 24.2. The second-order valence-electron chi connectivity index (χ2n) is 8.14. The average Bonchev–Trinajstić information content (AvgIpc) is 3.52. The molecular weight excluding hydrogens is 316 g/mol. The van der Waals surface area contributed by atoms with E-state index >= 15 is 0 Å². The third-order valence-corrected chi connectivity index (χ3v) is 6.05. The van der Waals surface area contributed by atoms with Gasteiger partial charge in [-0.25, -0.2) is 0 Å². The van der Waals surface area contributed by atoms with E-state index in [0.29, 0.717) is 24.5 Å². The monoisotopic (exact) mass is 346 g/mol. The van der Waals surface area contributed by atoms with E-state index < -0.39 is 0 Å². The molecule has 0 bridgehead atoms. The molecule has 7 nitrogen and oxygen atoms in total. The van der Waals surface area contributed by atoms with Gasteiger partial charge in [0.15, 0.2) is 0 Å². The van der Waals surface area contributed by atoms with Crippen LogP contribution in [0.4, 0.5) is 0 Å². The molecule has 1 aromatic heterocycles. The quantitative estimate of drug-likeness (QED) is 0.732. The molecule has 1 saturated heterocycles. The summed E-state index contributed by atoms with van der Waals surface area (Å²) in [6.45, 7) is 3.36. The first-order valence-corrected chi connectivity index (χ1v) is 9.59. The van der Waals surface area contributed by atoms with Crippen LogP contribution in [0.15, 0.2) is 0 Å². The van der Waals surface area contributed by atoms with Crippen LogP contribution in [0, 0.1) is 0 Å². The lowest BCUT2D eigenvalue weighted by molar-refractivity contribution is -0.131. The van der Waals surface area contributed by atoms with E-state index in [1.54, 1.807) is 0 Å². The third-order valence-electron chi connectivity index (χ3n) is 6.05. The maximum atomic E-state index is 12.3. The Kier molecular flexibility index (Phi) is 4.54. The molecule has 7 heteroatoms. The van der Waals surface area contributed by atoms with Crippen molar-refractivity contribution in [2.24, 2.45) is 7.05 Å². The summed E-state index contributed by atoms with van der Waals surface area (Å²) in [7, 11) is 6.20. The molecule has 3 fully saturated rings. The Morgan fingerprint density at radius 1 is 1.12 bits per heavy atom. The molecule has 3 aliphatic rings. The van der Waals surface area contributed by atoms with Gasteiger partial charge in [0.1, 0.15) is 11.6 Å². The summed E-state index contributed by atoms with van der Waals surface area (Å²) >= 11 is 0. The zero-order valence-electron chi connectivity index (χ0n) is 15.7. The summed E-state index contributed by atoms with van der Waals surface area (Å²) in [5.41, 5.74) is 0. The summed E-state index contributed by atoms with van der Waals surface area (Å²) in [6.07, 6.45) is 5.97. The Hall–Kier alpha value is -1.47. The second-order valence-corrected chi connectivity index (χ2v) is 8.14. The minimum atomic E-state index is 0.271. The van der Waals surface area contributed by atoms with Gasteiger partial charge in [0.05, 0.1) is 13.1 Å². The van der Waals surface area contributed by atoms with Crippen molar-refractivity contribution in [3.8, 4) is 0 Å². The van der Waals surface area contributed by atoms with Crippen molar-refractivity contribution in [2.75, 3.05) is 33.7 Å². The first-order valence-electron chi connectivity index (χ1n) is 9.59. The highest BCUT2D eigenvalue weighted by molar-refractivity contribution is 5.78. The van der Waals surface area contributed by atoms with E-state index in [-0.39, 0.29) is 5.91 Å². The minimum Gasteiger partial charge on any atom is -0.342 e. The van der Waals surface area contributed by atoms with Crippen molar-refractivity contribution >= 4 is 5.91 Å². The molecule has 25 heavy (non-hydrogen) atoms. The zero-order chi connectivity index (χ0) is 17.6. The molecule has 138 valence electrons. The standard InChI is InChI=1S/C18H30N6O/c1-21(11-16-19-20-18(23(16)3)13-4-5-13)15-8-9-24(10-15)12-17(25)22(2)14-6-7-14/h13-15H,4-12H2,1-3H3/t15-/m1/s1. The summed E-state index contributed by atoms with van der Waals surface area (Å²) < 4.78 is 2.18. The molecule has 1 aromatic rings. The smallest absolute Gasteiger partial charge is 0.236 e. The van der Waals surface area contributed by atoms with Crippen LogP contribution in [0.25, 0.3) is 0 Å². The largest absolute Gasteiger partial charge is 0.342 e. The molecule has 2 saturated carbocycles. The lowest BCUT2D eigenvalue weighted by atomic mass is 10.2. The van der Waals surface area contributed by atoms with E-state index in [0.717, 1.165) is 37.7 Å². The van der Waals surface area contributed by atoms with Gasteiger partial charge in [0.2, 0.25) is 5.91 Å². The predicted octanol–water partition coefficient (Wildman–Crippen LogP) is 0.819. The van der Waals surface area contributed by atoms with E-state index in [1.165, 1.54) is 25.7 Å². The van der Waals surface area contributed by atoms with Crippen molar-refractivity contribution in [2.45, 2.75) is 56.7 Å². The fourth-order valence-electron chi connectivity index (χ4n) is 3.85. The van der Waals surface area contributed by atoms with Gasteiger partial charge in [-0.15, -0.1) is 10.2 Å². The number of hydrogen-bond donors (Lipinski definition) is 0. The Balaban J connectivity index is 1.28. The molecule has 0 aromatic carbocycles. The fourth-order valence-corrected chi connectivity index (χ4v) is 3.85. The first-order chi connectivity index (χ1) is 12.0. The molecule has 0 unspecified atom stereocenters. The highest BCUT2D eigenvalue weighted by Gasteiger charge is 2.33. The van der Waals surface area contributed by atoms with Crippen molar-refractivity contribution < 1.29 is 4.79 Å². The number of amides is 1.